The predicted octanol–water partition coefficient (Wildman–Crippen LogP) is 4.26. The van der Waals surface area contributed by atoms with Crippen LogP contribution in [0.2, 0.25) is 0 Å². The van der Waals surface area contributed by atoms with E-state index in [1.165, 1.54) is 32.1 Å². The summed E-state index contributed by atoms with van der Waals surface area (Å²) in [5.41, 5.74) is 0.304. The van der Waals surface area contributed by atoms with Crippen LogP contribution in [0.1, 0.15) is 38.5 Å². The summed E-state index contributed by atoms with van der Waals surface area (Å²) in [5.74, 6) is 1.58. The molecule has 17 heavy (non-hydrogen) atoms. The molecule has 0 amide bonds. The number of halogens is 2. The molecule has 0 heterocycles. The van der Waals surface area contributed by atoms with Gasteiger partial charge in [0.15, 0.2) is 0 Å². The van der Waals surface area contributed by atoms with Gasteiger partial charge in [0, 0.05) is 5.41 Å². The van der Waals surface area contributed by atoms with Crippen LogP contribution >= 0.6 is 45.6 Å². The van der Waals surface area contributed by atoms with Crippen molar-refractivity contribution in [3.05, 3.63) is 0 Å². The van der Waals surface area contributed by atoms with E-state index in [0.717, 1.165) is 18.3 Å². The van der Waals surface area contributed by atoms with Gasteiger partial charge in [-0.2, -0.15) is 0 Å². The van der Waals surface area contributed by atoms with Crippen molar-refractivity contribution >= 4 is 49.6 Å². The van der Waals surface area contributed by atoms with E-state index < -0.39 is 0 Å². The van der Waals surface area contributed by atoms with Crippen molar-refractivity contribution in [2.75, 3.05) is 6.61 Å². The van der Waals surface area contributed by atoms with Gasteiger partial charge in [-0.25, -0.2) is 4.79 Å². The third-order valence-corrected chi connectivity index (χ3v) is 6.03. The Hall–Kier alpha value is 0.890. The van der Waals surface area contributed by atoms with Crippen LogP contribution in [0.5, 0.6) is 0 Å². The van der Waals surface area contributed by atoms with E-state index >= 15 is 0 Å². The molecule has 0 spiro atoms. The van der Waals surface area contributed by atoms with Gasteiger partial charge in [0.25, 0.3) is 0 Å². The molecule has 4 aliphatic carbocycles. The Bertz CT molecular complexity index is 331. The fraction of sp³-hybridized carbons (Fsp3) is 0.917. The molecule has 2 unspecified atom stereocenters. The standard InChI is InChI=1S/C12H16I2O3/c13-10(15)16-7-11-2-8-1-9(3-11)5-12(4-8,6-11)17-14/h8-9H,1-7H2. The Kier molecular flexibility index (Phi) is 3.39. The summed E-state index contributed by atoms with van der Waals surface area (Å²) in [6.07, 6.45) is 7.34. The minimum absolute atomic E-state index is 0.0856. The van der Waals surface area contributed by atoms with Crippen LogP contribution < -0.4 is 0 Å². The first-order chi connectivity index (χ1) is 8.05. The van der Waals surface area contributed by atoms with Gasteiger partial charge in [-0.15, -0.1) is 0 Å². The minimum Gasteiger partial charge on any atom is -0.458 e. The zero-order chi connectivity index (χ0) is 12.1. The van der Waals surface area contributed by atoms with Gasteiger partial charge in [-0.3, -0.25) is 0 Å². The molecule has 4 aliphatic rings. The van der Waals surface area contributed by atoms with Gasteiger partial charge in [0.05, 0.1) is 34.8 Å². The first-order valence-corrected chi connectivity index (χ1v) is 8.13. The van der Waals surface area contributed by atoms with Gasteiger partial charge >= 0.3 is 3.98 Å². The van der Waals surface area contributed by atoms with E-state index in [1.807, 2.05) is 0 Å². The van der Waals surface area contributed by atoms with Crippen molar-refractivity contribution in [3.63, 3.8) is 0 Å². The van der Waals surface area contributed by atoms with Crippen LogP contribution in [0.15, 0.2) is 0 Å². The lowest BCUT2D eigenvalue weighted by Gasteiger charge is -2.60. The number of carbonyl (C=O) groups excluding carboxylic acids is 1. The largest absolute Gasteiger partial charge is 0.458 e. The first-order valence-electron chi connectivity index (χ1n) is 6.17. The highest BCUT2D eigenvalue weighted by Crippen LogP contribution is 2.63. The van der Waals surface area contributed by atoms with Crippen LogP contribution in [0.3, 0.4) is 0 Å². The van der Waals surface area contributed by atoms with E-state index in [4.69, 9.17) is 7.80 Å². The maximum Gasteiger partial charge on any atom is 0.367 e. The van der Waals surface area contributed by atoms with Gasteiger partial charge in [0.2, 0.25) is 0 Å². The van der Waals surface area contributed by atoms with E-state index in [1.54, 1.807) is 22.6 Å². The average Bonchev–Trinajstić information content (AvgIpc) is 2.25. The SMILES string of the molecule is O=C(I)OCC12CC3CC(C1)CC(OI)(C3)C2. The maximum absolute atomic E-state index is 11.0. The van der Waals surface area contributed by atoms with E-state index in [9.17, 15) is 4.79 Å². The fourth-order valence-corrected chi connectivity index (χ4v) is 5.50. The van der Waals surface area contributed by atoms with Gasteiger partial charge in [-0.1, -0.05) is 0 Å². The Morgan fingerprint density at radius 1 is 1.24 bits per heavy atom. The summed E-state index contributed by atoms with van der Waals surface area (Å²) < 4.78 is 10.9. The molecule has 96 valence electrons. The number of rotatable bonds is 3. The van der Waals surface area contributed by atoms with Crippen molar-refractivity contribution in [2.45, 2.75) is 44.1 Å². The molecule has 4 bridgehead atoms. The van der Waals surface area contributed by atoms with Gasteiger partial charge in [-0.05, 0) is 50.4 Å². The summed E-state index contributed by atoms with van der Waals surface area (Å²) in [5, 5.41) is 0. The van der Waals surface area contributed by atoms with Gasteiger partial charge in [0.1, 0.15) is 23.0 Å². The molecule has 0 aliphatic heterocycles. The molecule has 0 saturated heterocycles. The Morgan fingerprint density at radius 2 is 1.88 bits per heavy atom. The highest BCUT2D eigenvalue weighted by Gasteiger charge is 2.58. The summed E-state index contributed by atoms with van der Waals surface area (Å²) in [7, 11) is 0. The zero-order valence-electron chi connectivity index (χ0n) is 9.59. The maximum atomic E-state index is 11.0. The number of carbonyl (C=O) groups is 1. The van der Waals surface area contributed by atoms with Crippen LogP contribution in [0.25, 0.3) is 0 Å². The number of hydrogen-bond acceptors (Lipinski definition) is 3. The molecule has 2 atom stereocenters. The second-order valence-electron chi connectivity index (χ2n) is 6.25. The Balaban J connectivity index is 1.80. The van der Waals surface area contributed by atoms with Crippen LogP contribution in [-0.4, -0.2) is 16.2 Å². The van der Waals surface area contributed by atoms with Crippen molar-refractivity contribution in [1.82, 2.24) is 0 Å². The van der Waals surface area contributed by atoms with E-state index in [2.05, 4.69) is 23.0 Å². The molecule has 0 radical (unpaired) electrons. The number of hydrogen-bond donors (Lipinski definition) is 0. The van der Waals surface area contributed by atoms with Crippen LogP contribution in [-0.2, 0) is 7.80 Å². The summed E-state index contributed by atoms with van der Waals surface area (Å²) >= 11 is 3.79. The van der Waals surface area contributed by atoms with Gasteiger partial charge < -0.3 is 7.80 Å². The van der Waals surface area contributed by atoms with Crippen LogP contribution in [0.4, 0.5) is 4.79 Å². The topological polar surface area (TPSA) is 35.5 Å². The highest BCUT2D eigenvalue weighted by atomic mass is 127. The molecular formula is C12H16I2O3. The van der Waals surface area contributed by atoms with E-state index in [0.29, 0.717) is 6.61 Å². The van der Waals surface area contributed by atoms with Crippen molar-refractivity contribution in [1.29, 1.82) is 0 Å². The molecule has 0 aromatic heterocycles. The Labute approximate surface area is 129 Å². The van der Waals surface area contributed by atoms with Crippen molar-refractivity contribution < 1.29 is 12.6 Å². The summed E-state index contributed by atoms with van der Waals surface area (Å²) in [6, 6.07) is 0. The first kappa shape index (κ1) is 12.9. The molecule has 4 fully saturated rings. The zero-order valence-corrected chi connectivity index (χ0v) is 13.9. The predicted molar refractivity (Wildman–Crippen MR) is 80.3 cm³/mol. The lowest BCUT2D eigenvalue weighted by Crippen LogP contribution is -2.57. The molecule has 5 heteroatoms. The third kappa shape index (κ3) is 2.35. The molecule has 4 saturated carbocycles. The monoisotopic (exact) mass is 462 g/mol. The molecule has 0 aromatic rings. The Morgan fingerprint density at radius 3 is 2.41 bits per heavy atom. The molecule has 0 aromatic carbocycles. The van der Waals surface area contributed by atoms with E-state index in [-0.39, 0.29) is 15.0 Å². The molecule has 3 nitrogen and oxygen atoms in total. The highest BCUT2D eigenvalue weighted by molar-refractivity contribution is 14.1. The second-order valence-corrected chi connectivity index (χ2v) is 7.57. The summed E-state index contributed by atoms with van der Waals surface area (Å²) in [6.45, 7) is 0.601. The quantitative estimate of drug-likeness (QED) is 0.465. The van der Waals surface area contributed by atoms with Crippen molar-refractivity contribution in [3.8, 4) is 0 Å². The lowest BCUT2D eigenvalue weighted by molar-refractivity contribution is -0.148. The average molecular weight is 462 g/mol. The summed E-state index contributed by atoms with van der Waals surface area (Å²) in [4.78, 5) is 11.0. The lowest BCUT2D eigenvalue weighted by atomic mass is 9.48. The minimum atomic E-state index is -0.178. The molecular weight excluding hydrogens is 446 g/mol. The fourth-order valence-electron chi connectivity index (χ4n) is 4.83. The second kappa shape index (κ2) is 4.47. The smallest absolute Gasteiger partial charge is 0.367 e. The van der Waals surface area contributed by atoms with Crippen molar-refractivity contribution in [2.24, 2.45) is 17.3 Å². The molecule has 4 rings (SSSR count). The normalized spacial score (nSPS) is 47.2. The van der Waals surface area contributed by atoms with Crippen LogP contribution in [0, 0.1) is 17.3 Å². The number of ether oxygens (including phenoxy) is 1. The molecule has 0 N–H and O–H groups in total. The third-order valence-electron chi connectivity index (χ3n) is 4.78.